The predicted molar refractivity (Wildman–Crippen MR) is 44.0 cm³/mol. The fourth-order valence-electron chi connectivity index (χ4n) is 0.690. The lowest BCUT2D eigenvalue weighted by molar-refractivity contribution is 0.340. The maximum absolute atomic E-state index is 5.05. The highest BCUT2D eigenvalue weighted by molar-refractivity contribution is 5.76. The molecule has 0 aromatic heterocycles. The van der Waals surface area contributed by atoms with Gasteiger partial charge in [0.15, 0.2) is 5.90 Å². The van der Waals surface area contributed by atoms with Crippen LogP contribution in [0.1, 0.15) is 20.3 Å². The van der Waals surface area contributed by atoms with Gasteiger partial charge in [0.2, 0.25) is 0 Å². The molecule has 64 valence electrons. The molecule has 1 atom stereocenters. The number of hydrogen-bond acceptors (Lipinski definition) is 3. The lowest BCUT2D eigenvalue weighted by Gasteiger charge is -1.91. The second-order valence-corrected chi connectivity index (χ2v) is 2.62. The standard InChI is InChI=1S/C5H9NO.C3H6O/c1-2-5-6-3-4-7-5;1-3-2-4-3/h2-4H2,1H3;3H,2H2,1H3. The monoisotopic (exact) mass is 157 g/mol. The lowest BCUT2D eigenvalue weighted by atomic mass is 10.5. The molecule has 0 saturated carbocycles. The zero-order valence-corrected chi connectivity index (χ0v) is 7.17. The van der Waals surface area contributed by atoms with Crippen LogP contribution in [-0.2, 0) is 9.47 Å². The predicted octanol–water partition coefficient (Wildman–Crippen LogP) is 1.23. The van der Waals surface area contributed by atoms with Crippen molar-refractivity contribution in [1.29, 1.82) is 0 Å². The van der Waals surface area contributed by atoms with Crippen LogP contribution in [0.4, 0.5) is 0 Å². The highest BCUT2D eigenvalue weighted by Crippen LogP contribution is 2.04. The second kappa shape index (κ2) is 4.34. The third-order valence-electron chi connectivity index (χ3n) is 1.45. The van der Waals surface area contributed by atoms with Crippen LogP contribution in [0.2, 0.25) is 0 Å². The largest absolute Gasteiger partial charge is 0.479 e. The van der Waals surface area contributed by atoms with Crippen molar-refractivity contribution in [1.82, 2.24) is 0 Å². The summed E-state index contributed by atoms with van der Waals surface area (Å²) in [5.74, 6) is 0.917. The van der Waals surface area contributed by atoms with Gasteiger partial charge in [0.1, 0.15) is 6.61 Å². The van der Waals surface area contributed by atoms with E-state index in [2.05, 4.69) is 11.9 Å². The fourth-order valence-corrected chi connectivity index (χ4v) is 0.690. The van der Waals surface area contributed by atoms with Gasteiger partial charge in [-0.2, -0.15) is 0 Å². The third kappa shape index (κ3) is 3.98. The van der Waals surface area contributed by atoms with E-state index >= 15 is 0 Å². The molecule has 0 aromatic carbocycles. The molecular weight excluding hydrogens is 142 g/mol. The first-order chi connectivity index (χ1) is 5.33. The zero-order valence-electron chi connectivity index (χ0n) is 7.17. The summed E-state index contributed by atoms with van der Waals surface area (Å²) in [5.41, 5.74) is 0. The molecule has 3 nitrogen and oxygen atoms in total. The SMILES string of the molecule is CC1CO1.CCC1=NCCO1. The van der Waals surface area contributed by atoms with Gasteiger partial charge in [-0.3, -0.25) is 4.99 Å². The van der Waals surface area contributed by atoms with Gasteiger partial charge in [-0.1, -0.05) is 6.92 Å². The van der Waals surface area contributed by atoms with Crippen molar-refractivity contribution >= 4 is 5.90 Å². The van der Waals surface area contributed by atoms with Crippen LogP contribution in [-0.4, -0.2) is 31.8 Å². The summed E-state index contributed by atoms with van der Waals surface area (Å²) < 4.78 is 9.76. The van der Waals surface area contributed by atoms with Gasteiger partial charge in [-0.15, -0.1) is 0 Å². The molecule has 1 saturated heterocycles. The van der Waals surface area contributed by atoms with E-state index in [4.69, 9.17) is 9.47 Å². The van der Waals surface area contributed by atoms with Crippen LogP contribution in [0, 0.1) is 0 Å². The molecule has 0 spiro atoms. The van der Waals surface area contributed by atoms with Crippen LogP contribution in [0.5, 0.6) is 0 Å². The maximum atomic E-state index is 5.05. The van der Waals surface area contributed by atoms with Gasteiger partial charge >= 0.3 is 0 Å². The number of ether oxygens (including phenoxy) is 2. The third-order valence-corrected chi connectivity index (χ3v) is 1.45. The summed E-state index contributed by atoms with van der Waals surface area (Å²) >= 11 is 0. The molecule has 0 bridgehead atoms. The molecule has 0 N–H and O–H groups in total. The minimum absolute atomic E-state index is 0.583. The Morgan fingerprint density at radius 3 is 2.45 bits per heavy atom. The molecule has 2 aliphatic rings. The average Bonchev–Trinajstić information content (AvgIpc) is 2.66. The van der Waals surface area contributed by atoms with Gasteiger partial charge in [-0.05, 0) is 6.92 Å². The zero-order chi connectivity index (χ0) is 8.10. The van der Waals surface area contributed by atoms with Gasteiger partial charge in [0, 0.05) is 6.42 Å². The van der Waals surface area contributed by atoms with Gasteiger partial charge < -0.3 is 9.47 Å². The lowest BCUT2D eigenvalue weighted by Crippen LogP contribution is -1.94. The van der Waals surface area contributed by atoms with E-state index in [9.17, 15) is 0 Å². The van der Waals surface area contributed by atoms with Gasteiger partial charge in [0.25, 0.3) is 0 Å². The normalized spacial score (nSPS) is 26.4. The van der Waals surface area contributed by atoms with E-state index in [1.807, 2.05) is 6.92 Å². The smallest absolute Gasteiger partial charge is 0.183 e. The summed E-state index contributed by atoms with van der Waals surface area (Å²) in [7, 11) is 0. The average molecular weight is 157 g/mol. The van der Waals surface area contributed by atoms with Crippen molar-refractivity contribution in [2.24, 2.45) is 4.99 Å². The molecule has 0 aromatic rings. The molecule has 2 aliphatic heterocycles. The minimum atomic E-state index is 0.583. The Morgan fingerprint density at radius 1 is 1.64 bits per heavy atom. The van der Waals surface area contributed by atoms with E-state index in [0.717, 1.165) is 32.1 Å². The number of hydrogen-bond donors (Lipinski definition) is 0. The molecule has 0 amide bonds. The Labute approximate surface area is 67.4 Å². The number of nitrogens with zero attached hydrogens (tertiary/aromatic N) is 1. The first-order valence-electron chi connectivity index (χ1n) is 4.10. The van der Waals surface area contributed by atoms with Crippen molar-refractivity contribution < 1.29 is 9.47 Å². The Kier molecular flexibility index (Phi) is 3.36. The quantitative estimate of drug-likeness (QED) is 0.536. The van der Waals surface area contributed by atoms with Crippen LogP contribution in [0.15, 0.2) is 4.99 Å². The Bertz CT molecular complexity index is 141. The first kappa shape index (κ1) is 8.53. The summed E-state index contributed by atoms with van der Waals surface area (Å²) in [5, 5.41) is 0. The minimum Gasteiger partial charge on any atom is -0.479 e. The molecule has 1 fully saturated rings. The Hall–Kier alpha value is -0.570. The van der Waals surface area contributed by atoms with Crippen LogP contribution >= 0.6 is 0 Å². The van der Waals surface area contributed by atoms with Crippen molar-refractivity contribution in [3.05, 3.63) is 0 Å². The van der Waals surface area contributed by atoms with E-state index in [-0.39, 0.29) is 0 Å². The van der Waals surface area contributed by atoms with Crippen molar-refractivity contribution in [3.8, 4) is 0 Å². The molecule has 1 unspecified atom stereocenters. The highest BCUT2D eigenvalue weighted by Gasteiger charge is 2.13. The molecule has 3 heteroatoms. The Morgan fingerprint density at radius 2 is 2.27 bits per heavy atom. The summed E-state index contributed by atoms with van der Waals surface area (Å²) in [6.45, 7) is 6.75. The van der Waals surface area contributed by atoms with Crippen molar-refractivity contribution in [3.63, 3.8) is 0 Å². The van der Waals surface area contributed by atoms with Gasteiger partial charge in [-0.25, -0.2) is 0 Å². The summed E-state index contributed by atoms with van der Waals surface area (Å²) in [4.78, 5) is 4.05. The van der Waals surface area contributed by atoms with E-state index in [0.29, 0.717) is 6.10 Å². The molecule has 0 aliphatic carbocycles. The maximum Gasteiger partial charge on any atom is 0.183 e. The van der Waals surface area contributed by atoms with E-state index in [1.54, 1.807) is 0 Å². The van der Waals surface area contributed by atoms with Gasteiger partial charge in [0.05, 0.1) is 19.3 Å². The van der Waals surface area contributed by atoms with Crippen LogP contribution in [0.3, 0.4) is 0 Å². The summed E-state index contributed by atoms with van der Waals surface area (Å²) in [6.07, 6.45) is 1.53. The van der Waals surface area contributed by atoms with Crippen LogP contribution < -0.4 is 0 Å². The molecular formula is C8H15NO2. The number of rotatable bonds is 1. The van der Waals surface area contributed by atoms with E-state index < -0.39 is 0 Å². The van der Waals surface area contributed by atoms with Crippen molar-refractivity contribution in [2.45, 2.75) is 26.4 Å². The Balaban J connectivity index is 0.000000128. The van der Waals surface area contributed by atoms with Crippen LogP contribution in [0.25, 0.3) is 0 Å². The first-order valence-corrected chi connectivity index (χ1v) is 4.10. The molecule has 2 heterocycles. The number of epoxide rings is 1. The molecule has 2 rings (SSSR count). The van der Waals surface area contributed by atoms with E-state index in [1.165, 1.54) is 0 Å². The topological polar surface area (TPSA) is 34.1 Å². The molecule has 11 heavy (non-hydrogen) atoms. The fraction of sp³-hybridized carbons (Fsp3) is 0.875. The van der Waals surface area contributed by atoms with Crippen molar-refractivity contribution in [2.75, 3.05) is 19.8 Å². The number of aliphatic imine (C=N–C) groups is 1. The summed E-state index contributed by atoms with van der Waals surface area (Å²) in [6, 6.07) is 0. The second-order valence-electron chi connectivity index (χ2n) is 2.62. The highest BCUT2D eigenvalue weighted by atomic mass is 16.6. The molecule has 0 radical (unpaired) electrons.